The summed E-state index contributed by atoms with van der Waals surface area (Å²) in [5.74, 6) is 0.0385. The highest BCUT2D eigenvalue weighted by Crippen LogP contribution is 2.21. The fraction of sp³-hybridized carbons (Fsp3) is 0.417. The fourth-order valence-corrected chi connectivity index (χ4v) is 3.74. The maximum absolute atomic E-state index is 12.3. The molecule has 1 aromatic carbocycles. The van der Waals surface area contributed by atoms with Gasteiger partial charge in [-0.1, -0.05) is 11.6 Å². The average Bonchev–Trinajstić information content (AvgIpc) is 2.53. The highest BCUT2D eigenvalue weighted by molar-refractivity contribution is 14.1. The van der Waals surface area contributed by atoms with E-state index in [0.717, 1.165) is 3.57 Å². The third-order valence-electron chi connectivity index (χ3n) is 3.01. The number of hydrogen-bond donors (Lipinski definition) is 0. The molecule has 1 aromatic rings. The molecule has 1 aliphatic heterocycles. The number of carbonyl (C=O) groups is 1. The number of rotatable bonds is 1. The van der Waals surface area contributed by atoms with Gasteiger partial charge in [-0.25, -0.2) is 8.42 Å². The Morgan fingerprint density at radius 1 is 1.26 bits per heavy atom. The molecular weight excluding hydrogens is 401 g/mol. The minimum atomic E-state index is -3.00. The van der Waals surface area contributed by atoms with Crippen LogP contribution in [-0.4, -0.2) is 43.8 Å². The van der Waals surface area contributed by atoms with E-state index in [4.69, 9.17) is 11.6 Å². The third kappa shape index (κ3) is 3.82. The fourth-order valence-electron chi connectivity index (χ4n) is 1.95. The summed E-state index contributed by atoms with van der Waals surface area (Å²) in [7, 11) is -3.00. The molecule has 4 nitrogen and oxygen atoms in total. The van der Waals surface area contributed by atoms with Crippen LogP contribution in [-0.2, 0) is 9.84 Å². The minimum Gasteiger partial charge on any atom is -0.338 e. The molecule has 0 saturated carbocycles. The molecule has 0 N–H and O–H groups in total. The SMILES string of the molecule is O=C(c1ccc(I)c(Cl)c1)N1CCCS(=O)(=O)CC1. The number of nitrogens with zero attached hydrogens (tertiary/aromatic N) is 1. The molecule has 0 aromatic heterocycles. The molecule has 0 aliphatic carbocycles. The molecule has 1 heterocycles. The second-order valence-electron chi connectivity index (χ2n) is 4.43. The lowest BCUT2D eigenvalue weighted by Gasteiger charge is -2.19. The van der Waals surface area contributed by atoms with Crippen molar-refractivity contribution in [1.29, 1.82) is 0 Å². The molecule has 1 amide bonds. The first-order chi connectivity index (χ1) is 8.89. The van der Waals surface area contributed by atoms with Crippen molar-refractivity contribution < 1.29 is 13.2 Å². The lowest BCUT2D eigenvalue weighted by Crippen LogP contribution is -2.33. The second kappa shape index (κ2) is 5.97. The first kappa shape index (κ1) is 15.1. The molecular formula is C12H13ClINO3S. The smallest absolute Gasteiger partial charge is 0.253 e. The molecule has 19 heavy (non-hydrogen) atoms. The Hall–Kier alpha value is -0.340. The summed E-state index contributed by atoms with van der Waals surface area (Å²) >= 11 is 8.09. The van der Waals surface area contributed by atoms with Gasteiger partial charge in [-0.3, -0.25) is 4.79 Å². The molecule has 7 heteroatoms. The van der Waals surface area contributed by atoms with Gasteiger partial charge in [0.1, 0.15) is 0 Å². The number of carbonyl (C=O) groups excluding carboxylic acids is 1. The highest BCUT2D eigenvalue weighted by Gasteiger charge is 2.23. The van der Waals surface area contributed by atoms with Crippen LogP contribution in [0.4, 0.5) is 0 Å². The summed E-state index contributed by atoms with van der Waals surface area (Å²) in [6, 6.07) is 5.13. The zero-order chi connectivity index (χ0) is 14.0. The van der Waals surface area contributed by atoms with Gasteiger partial charge in [0, 0.05) is 22.2 Å². The van der Waals surface area contributed by atoms with E-state index in [0.29, 0.717) is 23.6 Å². The zero-order valence-electron chi connectivity index (χ0n) is 10.1. The number of benzene rings is 1. The van der Waals surface area contributed by atoms with E-state index in [1.165, 1.54) is 0 Å². The van der Waals surface area contributed by atoms with Crippen LogP contribution in [0.1, 0.15) is 16.8 Å². The normalized spacial score (nSPS) is 18.9. The van der Waals surface area contributed by atoms with Gasteiger partial charge < -0.3 is 4.90 Å². The van der Waals surface area contributed by atoms with Crippen LogP contribution in [0.25, 0.3) is 0 Å². The van der Waals surface area contributed by atoms with E-state index in [9.17, 15) is 13.2 Å². The van der Waals surface area contributed by atoms with Crippen molar-refractivity contribution in [2.75, 3.05) is 24.6 Å². The minimum absolute atomic E-state index is 0.0385. The molecule has 0 spiro atoms. The van der Waals surface area contributed by atoms with Crippen molar-refractivity contribution in [1.82, 2.24) is 4.90 Å². The molecule has 0 atom stereocenters. The first-order valence-electron chi connectivity index (χ1n) is 5.84. The van der Waals surface area contributed by atoms with Crippen LogP contribution >= 0.6 is 34.2 Å². The topological polar surface area (TPSA) is 54.5 Å². The molecule has 0 unspecified atom stereocenters. The molecule has 104 valence electrons. The van der Waals surface area contributed by atoms with Crippen LogP contribution in [0.5, 0.6) is 0 Å². The molecule has 1 fully saturated rings. The Kier molecular flexibility index (Phi) is 4.73. The third-order valence-corrected chi connectivity index (χ3v) is 6.30. The van der Waals surface area contributed by atoms with Gasteiger partial charge in [0.15, 0.2) is 9.84 Å². The second-order valence-corrected chi connectivity index (χ2v) is 8.30. The van der Waals surface area contributed by atoms with Crippen LogP contribution < -0.4 is 0 Å². The Morgan fingerprint density at radius 2 is 2.00 bits per heavy atom. The monoisotopic (exact) mass is 413 g/mol. The maximum atomic E-state index is 12.3. The summed E-state index contributed by atoms with van der Waals surface area (Å²) in [6.07, 6.45) is 0.492. The summed E-state index contributed by atoms with van der Waals surface area (Å²) in [6.45, 7) is 0.729. The lowest BCUT2D eigenvalue weighted by molar-refractivity contribution is 0.0768. The van der Waals surface area contributed by atoms with Gasteiger partial charge in [-0.2, -0.15) is 0 Å². The lowest BCUT2D eigenvalue weighted by atomic mass is 10.2. The average molecular weight is 414 g/mol. The number of amides is 1. The van der Waals surface area contributed by atoms with Gasteiger partial charge in [0.05, 0.1) is 16.5 Å². The van der Waals surface area contributed by atoms with E-state index < -0.39 is 9.84 Å². The van der Waals surface area contributed by atoms with E-state index in [1.54, 1.807) is 23.1 Å². The Labute approximate surface area is 131 Å². The van der Waals surface area contributed by atoms with E-state index in [-0.39, 0.29) is 24.0 Å². The molecule has 0 bridgehead atoms. The number of sulfone groups is 1. The van der Waals surface area contributed by atoms with Crippen LogP contribution in [0, 0.1) is 3.57 Å². The van der Waals surface area contributed by atoms with Crippen LogP contribution in [0.2, 0.25) is 5.02 Å². The van der Waals surface area contributed by atoms with Gasteiger partial charge in [-0.15, -0.1) is 0 Å². The van der Waals surface area contributed by atoms with Crippen LogP contribution in [0.15, 0.2) is 18.2 Å². The quantitative estimate of drug-likeness (QED) is 0.663. The summed E-state index contributed by atoms with van der Waals surface area (Å²) < 4.78 is 23.9. The number of halogens is 2. The van der Waals surface area contributed by atoms with Crippen molar-refractivity contribution in [3.63, 3.8) is 0 Å². The summed E-state index contributed by atoms with van der Waals surface area (Å²) in [4.78, 5) is 13.9. The van der Waals surface area contributed by atoms with Crippen molar-refractivity contribution in [2.24, 2.45) is 0 Å². The molecule has 2 rings (SSSR count). The maximum Gasteiger partial charge on any atom is 0.253 e. The van der Waals surface area contributed by atoms with E-state index in [2.05, 4.69) is 22.6 Å². The molecule has 0 radical (unpaired) electrons. The van der Waals surface area contributed by atoms with Crippen molar-refractivity contribution >= 4 is 49.9 Å². The first-order valence-corrected chi connectivity index (χ1v) is 9.11. The predicted octanol–water partition coefficient (Wildman–Crippen LogP) is 2.21. The van der Waals surface area contributed by atoms with Gasteiger partial charge in [-0.05, 0) is 47.2 Å². The van der Waals surface area contributed by atoms with Gasteiger partial charge in [0.2, 0.25) is 0 Å². The van der Waals surface area contributed by atoms with Crippen molar-refractivity contribution in [3.05, 3.63) is 32.4 Å². The van der Waals surface area contributed by atoms with Crippen molar-refractivity contribution in [3.8, 4) is 0 Å². The Morgan fingerprint density at radius 3 is 2.68 bits per heavy atom. The Bertz CT molecular complexity index is 603. The summed E-state index contributed by atoms with van der Waals surface area (Å²) in [5.41, 5.74) is 0.504. The van der Waals surface area contributed by atoms with Crippen LogP contribution in [0.3, 0.4) is 0 Å². The standard InChI is InChI=1S/C12H13ClINO3S/c13-10-8-9(2-3-11(10)14)12(16)15-4-1-6-19(17,18)7-5-15/h2-3,8H,1,4-7H2. The predicted molar refractivity (Wildman–Crippen MR) is 83.3 cm³/mol. The Balaban J connectivity index is 2.17. The van der Waals surface area contributed by atoms with Gasteiger partial charge >= 0.3 is 0 Å². The largest absolute Gasteiger partial charge is 0.338 e. The van der Waals surface area contributed by atoms with E-state index >= 15 is 0 Å². The van der Waals surface area contributed by atoms with Crippen molar-refractivity contribution in [2.45, 2.75) is 6.42 Å². The van der Waals surface area contributed by atoms with Gasteiger partial charge in [0.25, 0.3) is 5.91 Å². The molecule has 1 aliphatic rings. The molecule has 1 saturated heterocycles. The highest BCUT2D eigenvalue weighted by atomic mass is 127. The van der Waals surface area contributed by atoms with E-state index in [1.807, 2.05) is 0 Å². The number of hydrogen-bond acceptors (Lipinski definition) is 3. The summed E-state index contributed by atoms with van der Waals surface area (Å²) in [5, 5.41) is 0.536. The zero-order valence-corrected chi connectivity index (χ0v) is 13.8.